The van der Waals surface area contributed by atoms with Crippen LogP contribution in [0.15, 0.2) is 30.5 Å². The van der Waals surface area contributed by atoms with Crippen molar-refractivity contribution in [2.45, 2.75) is 19.8 Å². The molecule has 0 amide bonds. The second kappa shape index (κ2) is 3.81. The van der Waals surface area contributed by atoms with E-state index in [1.165, 1.54) is 10.7 Å². The van der Waals surface area contributed by atoms with Crippen molar-refractivity contribution in [3.05, 3.63) is 42.0 Å². The summed E-state index contributed by atoms with van der Waals surface area (Å²) in [5.41, 5.74) is 1.29. The van der Waals surface area contributed by atoms with Crippen LogP contribution in [0.5, 0.6) is 0 Å². The van der Waals surface area contributed by atoms with Gasteiger partial charge in [-0.2, -0.15) is 0 Å². The lowest BCUT2D eigenvalue weighted by molar-refractivity contribution is 0.607. The Balaban J connectivity index is 2.42. The van der Waals surface area contributed by atoms with Gasteiger partial charge >= 0.3 is 0 Å². The van der Waals surface area contributed by atoms with Gasteiger partial charge in [0.25, 0.3) is 0 Å². The molecule has 1 aromatic heterocycles. The van der Waals surface area contributed by atoms with Crippen LogP contribution in [-0.2, 0) is 0 Å². The third-order valence-corrected chi connectivity index (χ3v) is 2.20. The molecule has 0 saturated carbocycles. The fraction of sp³-hybridized carbons (Fsp3) is 0.273. The van der Waals surface area contributed by atoms with E-state index in [1.807, 2.05) is 13.8 Å². The van der Waals surface area contributed by atoms with Crippen molar-refractivity contribution in [2.24, 2.45) is 0 Å². The van der Waals surface area contributed by atoms with Crippen LogP contribution >= 0.6 is 0 Å². The SMILES string of the molecule is CC(C)c1cn(-c2ccccc2F)nn1. The standard InChI is InChI=1S/C11H12FN3/c1-8(2)10-7-15(14-13-10)11-6-4-3-5-9(11)12/h3-8H,1-2H3. The molecule has 0 aliphatic carbocycles. The van der Waals surface area contributed by atoms with Gasteiger partial charge in [-0.3, -0.25) is 0 Å². The fourth-order valence-electron chi connectivity index (χ4n) is 1.30. The number of hydrogen-bond donors (Lipinski definition) is 0. The van der Waals surface area contributed by atoms with Crippen LogP contribution in [0.25, 0.3) is 5.69 Å². The van der Waals surface area contributed by atoms with Crippen molar-refractivity contribution in [2.75, 3.05) is 0 Å². The first-order valence-electron chi connectivity index (χ1n) is 4.85. The monoisotopic (exact) mass is 205 g/mol. The molecule has 2 aromatic rings. The van der Waals surface area contributed by atoms with E-state index in [0.717, 1.165) is 5.69 Å². The summed E-state index contributed by atoms with van der Waals surface area (Å²) in [4.78, 5) is 0. The zero-order valence-corrected chi connectivity index (χ0v) is 8.68. The van der Waals surface area contributed by atoms with Gasteiger partial charge in [-0.15, -0.1) is 5.10 Å². The second-order valence-electron chi connectivity index (χ2n) is 3.69. The van der Waals surface area contributed by atoms with Gasteiger partial charge in [0.1, 0.15) is 11.5 Å². The lowest BCUT2D eigenvalue weighted by atomic mass is 10.2. The Morgan fingerprint density at radius 3 is 2.60 bits per heavy atom. The predicted molar refractivity (Wildman–Crippen MR) is 55.4 cm³/mol. The van der Waals surface area contributed by atoms with Crippen molar-refractivity contribution in [3.63, 3.8) is 0 Å². The first-order chi connectivity index (χ1) is 7.18. The molecule has 15 heavy (non-hydrogen) atoms. The maximum atomic E-state index is 13.4. The Hall–Kier alpha value is -1.71. The lowest BCUT2D eigenvalue weighted by Crippen LogP contribution is -1.97. The summed E-state index contributed by atoms with van der Waals surface area (Å²) in [6.07, 6.45) is 1.75. The number of hydrogen-bond acceptors (Lipinski definition) is 2. The Morgan fingerprint density at radius 2 is 2.00 bits per heavy atom. The molecule has 0 aliphatic heterocycles. The average Bonchev–Trinajstić information content (AvgIpc) is 2.67. The first-order valence-corrected chi connectivity index (χ1v) is 4.85. The maximum absolute atomic E-state index is 13.4. The highest BCUT2D eigenvalue weighted by molar-refractivity contribution is 5.32. The molecule has 1 heterocycles. The van der Waals surface area contributed by atoms with E-state index in [4.69, 9.17) is 0 Å². The van der Waals surface area contributed by atoms with E-state index in [0.29, 0.717) is 11.6 Å². The summed E-state index contributed by atoms with van der Waals surface area (Å²) in [6.45, 7) is 4.05. The molecule has 0 N–H and O–H groups in total. The normalized spacial score (nSPS) is 10.9. The van der Waals surface area contributed by atoms with Crippen molar-refractivity contribution in [1.29, 1.82) is 0 Å². The van der Waals surface area contributed by atoms with Crippen LogP contribution in [0.4, 0.5) is 4.39 Å². The third kappa shape index (κ3) is 1.88. The van der Waals surface area contributed by atoms with Crippen LogP contribution in [0.2, 0.25) is 0 Å². The first kappa shape index (κ1) is 9.83. The maximum Gasteiger partial charge on any atom is 0.148 e. The van der Waals surface area contributed by atoms with Gasteiger partial charge < -0.3 is 0 Å². The largest absolute Gasteiger partial charge is 0.217 e. The van der Waals surface area contributed by atoms with E-state index in [-0.39, 0.29) is 5.82 Å². The molecule has 2 rings (SSSR count). The Morgan fingerprint density at radius 1 is 1.27 bits per heavy atom. The zero-order valence-electron chi connectivity index (χ0n) is 8.68. The fourth-order valence-corrected chi connectivity index (χ4v) is 1.30. The quantitative estimate of drug-likeness (QED) is 0.754. The Bertz CT molecular complexity index is 462. The van der Waals surface area contributed by atoms with E-state index < -0.39 is 0 Å². The molecule has 78 valence electrons. The van der Waals surface area contributed by atoms with Gasteiger partial charge in [-0.05, 0) is 18.1 Å². The minimum absolute atomic E-state index is 0.294. The minimum Gasteiger partial charge on any atom is -0.217 e. The van der Waals surface area contributed by atoms with Gasteiger partial charge in [0.05, 0.1) is 11.9 Å². The van der Waals surface area contributed by atoms with Crippen molar-refractivity contribution >= 4 is 0 Å². The number of halogens is 1. The summed E-state index contributed by atoms with van der Waals surface area (Å²) in [5.74, 6) is 0.00299. The highest BCUT2D eigenvalue weighted by Gasteiger charge is 2.08. The molecule has 3 nitrogen and oxygen atoms in total. The molecular formula is C11H12FN3. The number of para-hydroxylation sites is 1. The van der Waals surface area contributed by atoms with Crippen molar-refractivity contribution in [3.8, 4) is 5.69 Å². The van der Waals surface area contributed by atoms with E-state index >= 15 is 0 Å². The van der Waals surface area contributed by atoms with Crippen LogP contribution in [0.3, 0.4) is 0 Å². The molecule has 0 bridgehead atoms. The number of nitrogens with zero attached hydrogens (tertiary/aromatic N) is 3. The number of benzene rings is 1. The molecule has 0 atom stereocenters. The number of rotatable bonds is 2. The smallest absolute Gasteiger partial charge is 0.148 e. The Labute approximate surface area is 87.5 Å². The topological polar surface area (TPSA) is 30.7 Å². The highest BCUT2D eigenvalue weighted by atomic mass is 19.1. The predicted octanol–water partition coefficient (Wildman–Crippen LogP) is 2.53. The zero-order chi connectivity index (χ0) is 10.8. The third-order valence-electron chi connectivity index (χ3n) is 2.20. The number of aromatic nitrogens is 3. The summed E-state index contributed by atoms with van der Waals surface area (Å²) in [7, 11) is 0. The molecule has 0 radical (unpaired) electrons. The molecular weight excluding hydrogens is 193 g/mol. The van der Waals surface area contributed by atoms with Crippen LogP contribution in [0, 0.1) is 5.82 Å². The van der Waals surface area contributed by atoms with Gasteiger partial charge in [-0.25, -0.2) is 9.07 Å². The molecule has 0 aliphatic rings. The van der Waals surface area contributed by atoms with Gasteiger partial charge in [-0.1, -0.05) is 31.2 Å². The summed E-state index contributed by atoms with van der Waals surface area (Å²) in [6, 6.07) is 6.51. The Kier molecular flexibility index (Phi) is 2.49. The molecule has 0 unspecified atom stereocenters. The van der Waals surface area contributed by atoms with Crippen molar-refractivity contribution in [1.82, 2.24) is 15.0 Å². The second-order valence-corrected chi connectivity index (χ2v) is 3.69. The van der Waals surface area contributed by atoms with Gasteiger partial charge in [0, 0.05) is 0 Å². The summed E-state index contributed by atoms with van der Waals surface area (Å²) in [5, 5.41) is 7.87. The van der Waals surface area contributed by atoms with E-state index in [9.17, 15) is 4.39 Å². The lowest BCUT2D eigenvalue weighted by Gasteiger charge is -2.00. The molecule has 1 aromatic carbocycles. The molecule has 0 saturated heterocycles. The van der Waals surface area contributed by atoms with E-state index in [2.05, 4.69) is 10.3 Å². The van der Waals surface area contributed by atoms with Crippen LogP contribution in [-0.4, -0.2) is 15.0 Å². The molecule has 0 fully saturated rings. The van der Waals surface area contributed by atoms with Crippen molar-refractivity contribution < 1.29 is 4.39 Å². The van der Waals surface area contributed by atoms with Crippen LogP contribution < -0.4 is 0 Å². The van der Waals surface area contributed by atoms with Gasteiger partial charge in [0.15, 0.2) is 0 Å². The summed E-state index contributed by atoms with van der Waals surface area (Å²) >= 11 is 0. The van der Waals surface area contributed by atoms with Gasteiger partial charge in [0.2, 0.25) is 0 Å². The molecule has 0 spiro atoms. The highest BCUT2D eigenvalue weighted by Crippen LogP contribution is 2.15. The minimum atomic E-state index is -0.294. The summed E-state index contributed by atoms with van der Waals surface area (Å²) < 4.78 is 14.9. The van der Waals surface area contributed by atoms with E-state index in [1.54, 1.807) is 24.4 Å². The average molecular weight is 205 g/mol. The molecule has 4 heteroatoms. The van der Waals surface area contributed by atoms with Crippen LogP contribution in [0.1, 0.15) is 25.5 Å².